The van der Waals surface area contributed by atoms with Gasteiger partial charge in [0.05, 0.1) is 18.1 Å². The summed E-state index contributed by atoms with van der Waals surface area (Å²) in [5.74, 6) is 0.00106. The highest BCUT2D eigenvalue weighted by Gasteiger charge is 2.32. The van der Waals surface area contributed by atoms with Gasteiger partial charge in [-0.1, -0.05) is 0 Å². The van der Waals surface area contributed by atoms with E-state index in [-0.39, 0.29) is 18.6 Å². The number of hydrogen-bond donors (Lipinski definition) is 2. The molecule has 5 heteroatoms. The average Bonchev–Trinajstić information content (AvgIpc) is 2.24. The van der Waals surface area contributed by atoms with E-state index in [4.69, 9.17) is 9.84 Å². The monoisotopic (exact) mass is 245 g/mol. The summed E-state index contributed by atoms with van der Waals surface area (Å²) < 4.78 is 5.48. The number of nitrogens with zero attached hydrogens (tertiary/aromatic N) is 1. The topological polar surface area (TPSA) is 70.0 Å². The maximum atomic E-state index is 11.8. The molecule has 1 fully saturated rings. The van der Waals surface area contributed by atoms with Gasteiger partial charge in [-0.25, -0.2) is 0 Å². The van der Waals surface area contributed by atoms with Crippen LogP contribution in [0.15, 0.2) is 0 Å². The molecule has 1 rings (SSSR count). The van der Waals surface area contributed by atoms with E-state index in [9.17, 15) is 9.90 Å². The number of carbonyl (C=O) groups excluding carboxylic acids is 1. The van der Waals surface area contributed by atoms with E-state index in [1.807, 2.05) is 0 Å². The Bertz CT molecular complexity index is 255. The largest absolute Gasteiger partial charge is 0.396 e. The van der Waals surface area contributed by atoms with Crippen molar-refractivity contribution in [3.05, 3.63) is 0 Å². The molecule has 0 saturated carbocycles. The van der Waals surface area contributed by atoms with Gasteiger partial charge in [0.15, 0.2) is 0 Å². The average molecular weight is 245 g/mol. The summed E-state index contributed by atoms with van der Waals surface area (Å²) >= 11 is 0. The molecule has 0 aromatic rings. The molecule has 1 aliphatic heterocycles. The fourth-order valence-electron chi connectivity index (χ4n) is 2.01. The Morgan fingerprint density at radius 3 is 2.88 bits per heavy atom. The molecule has 5 nitrogen and oxygen atoms in total. The quantitative estimate of drug-likeness (QED) is 0.723. The number of aliphatic hydroxyl groups excluding tert-OH is 1. The van der Waals surface area contributed by atoms with Gasteiger partial charge in [-0.15, -0.1) is 0 Å². The van der Waals surface area contributed by atoms with Crippen LogP contribution in [0.3, 0.4) is 0 Å². The van der Waals surface area contributed by atoms with Crippen LogP contribution in [0.1, 0.15) is 32.6 Å². The van der Waals surface area contributed by atoms with Gasteiger partial charge >= 0.3 is 0 Å². The fourth-order valence-corrected chi connectivity index (χ4v) is 2.01. The molecule has 0 bridgehead atoms. The zero-order chi connectivity index (χ0) is 12.9. The number of amides is 1. The third-order valence-corrected chi connectivity index (χ3v) is 3.14. The Morgan fingerprint density at radius 1 is 1.59 bits per heavy atom. The molecule has 17 heavy (non-hydrogen) atoms. The first-order valence-electron chi connectivity index (χ1n) is 6.13. The van der Waals surface area contributed by atoms with E-state index in [1.165, 1.54) is 0 Å². The second-order valence-electron chi connectivity index (χ2n) is 5.04. The predicted octanol–water partition coefficient (Wildman–Crippen LogP) is 0.147. The second-order valence-corrected chi connectivity index (χ2v) is 5.04. The molecule has 0 radical (unpaired) electrons. The van der Waals surface area contributed by atoms with Crippen molar-refractivity contribution in [2.24, 2.45) is 0 Å². The summed E-state index contributed by atoms with van der Waals surface area (Å²) in [4.78, 5) is 13.4. The lowest BCUT2D eigenvalue weighted by atomic mass is 9.91. The van der Waals surface area contributed by atoms with Gasteiger partial charge in [-0.05, 0) is 19.8 Å². The van der Waals surface area contributed by atoms with Gasteiger partial charge in [0, 0.05) is 33.2 Å². The predicted molar refractivity (Wildman–Crippen MR) is 63.6 cm³/mol. The smallest absolute Gasteiger partial charge is 0.224 e. The highest BCUT2D eigenvalue weighted by molar-refractivity contribution is 5.76. The van der Waals surface area contributed by atoms with Gasteiger partial charge < -0.3 is 19.8 Å². The summed E-state index contributed by atoms with van der Waals surface area (Å²) in [6, 6.07) is 0. The van der Waals surface area contributed by atoms with Crippen molar-refractivity contribution in [1.82, 2.24) is 4.90 Å². The van der Waals surface area contributed by atoms with Gasteiger partial charge in [-0.3, -0.25) is 4.79 Å². The Hall–Kier alpha value is -0.650. The van der Waals surface area contributed by atoms with Crippen molar-refractivity contribution in [3.8, 4) is 0 Å². The molecule has 1 aliphatic rings. The zero-order valence-corrected chi connectivity index (χ0v) is 10.7. The van der Waals surface area contributed by atoms with Crippen LogP contribution in [0.2, 0.25) is 0 Å². The van der Waals surface area contributed by atoms with Crippen molar-refractivity contribution in [3.63, 3.8) is 0 Å². The molecule has 0 spiro atoms. The minimum Gasteiger partial charge on any atom is -0.396 e. The SMILES string of the molecule is CN(CCCO)C(=O)CC1CC(C)(O)CCO1. The molecule has 0 aromatic heterocycles. The number of hydrogen-bond acceptors (Lipinski definition) is 4. The third kappa shape index (κ3) is 5.02. The first-order chi connectivity index (χ1) is 7.94. The van der Waals surface area contributed by atoms with Gasteiger partial charge in [0.1, 0.15) is 0 Å². The van der Waals surface area contributed by atoms with Crippen LogP contribution in [0.25, 0.3) is 0 Å². The maximum Gasteiger partial charge on any atom is 0.224 e. The minimum absolute atomic E-state index is 0.00106. The highest BCUT2D eigenvalue weighted by atomic mass is 16.5. The van der Waals surface area contributed by atoms with Crippen LogP contribution in [-0.2, 0) is 9.53 Å². The van der Waals surface area contributed by atoms with Crippen LogP contribution >= 0.6 is 0 Å². The molecule has 1 amide bonds. The van der Waals surface area contributed by atoms with Crippen LogP contribution in [0.5, 0.6) is 0 Å². The standard InChI is InChI=1S/C12H23NO4/c1-12(16)4-7-17-10(9-12)8-11(15)13(2)5-3-6-14/h10,14,16H,3-9H2,1-2H3. The lowest BCUT2D eigenvalue weighted by molar-refractivity contribution is -0.139. The van der Waals surface area contributed by atoms with Crippen molar-refractivity contribution >= 4 is 5.91 Å². The van der Waals surface area contributed by atoms with Crippen molar-refractivity contribution in [1.29, 1.82) is 0 Å². The molecule has 2 atom stereocenters. The molecule has 1 saturated heterocycles. The lowest BCUT2D eigenvalue weighted by Gasteiger charge is -2.34. The molecular formula is C12H23NO4. The van der Waals surface area contributed by atoms with E-state index in [1.54, 1.807) is 18.9 Å². The van der Waals surface area contributed by atoms with Crippen LogP contribution in [-0.4, -0.2) is 59.5 Å². The first-order valence-corrected chi connectivity index (χ1v) is 6.13. The van der Waals surface area contributed by atoms with Gasteiger partial charge in [-0.2, -0.15) is 0 Å². The normalized spacial score (nSPS) is 29.1. The third-order valence-electron chi connectivity index (χ3n) is 3.14. The summed E-state index contributed by atoms with van der Waals surface area (Å²) in [5.41, 5.74) is -0.715. The first kappa shape index (κ1) is 14.4. The lowest BCUT2D eigenvalue weighted by Crippen LogP contribution is -2.41. The summed E-state index contributed by atoms with van der Waals surface area (Å²) in [5, 5.41) is 18.6. The molecular weight excluding hydrogens is 222 g/mol. The van der Waals surface area contributed by atoms with E-state index in [2.05, 4.69) is 0 Å². The van der Waals surface area contributed by atoms with Gasteiger partial charge in [0.25, 0.3) is 0 Å². The number of carbonyl (C=O) groups is 1. The summed E-state index contributed by atoms with van der Waals surface area (Å²) in [6.45, 7) is 2.93. The van der Waals surface area contributed by atoms with Crippen LogP contribution in [0.4, 0.5) is 0 Å². The molecule has 0 aromatic carbocycles. The van der Waals surface area contributed by atoms with Crippen LogP contribution < -0.4 is 0 Å². The van der Waals surface area contributed by atoms with E-state index < -0.39 is 5.60 Å². The highest BCUT2D eigenvalue weighted by Crippen LogP contribution is 2.25. The van der Waals surface area contributed by atoms with Crippen molar-refractivity contribution in [2.45, 2.75) is 44.3 Å². The number of rotatable bonds is 5. The van der Waals surface area contributed by atoms with E-state index in [0.29, 0.717) is 38.8 Å². The second kappa shape index (κ2) is 6.33. The zero-order valence-electron chi connectivity index (χ0n) is 10.7. The van der Waals surface area contributed by atoms with Gasteiger partial charge in [0.2, 0.25) is 5.91 Å². The Morgan fingerprint density at radius 2 is 2.29 bits per heavy atom. The van der Waals surface area contributed by atoms with Crippen LogP contribution in [0, 0.1) is 0 Å². The molecule has 100 valence electrons. The molecule has 1 heterocycles. The number of aliphatic hydroxyl groups is 2. The fraction of sp³-hybridized carbons (Fsp3) is 0.917. The minimum atomic E-state index is -0.715. The molecule has 0 aliphatic carbocycles. The Kier molecular flexibility index (Phi) is 5.36. The van der Waals surface area contributed by atoms with E-state index >= 15 is 0 Å². The molecule has 2 N–H and O–H groups in total. The Labute approximate surface area is 102 Å². The maximum absolute atomic E-state index is 11.8. The van der Waals surface area contributed by atoms with Crippen molar-refractivity contribution < 1.29 is 19.7 Å². The summed E-state index contributed by atoms with van der Waals surface area (Å²) in [7, 11) is 1.72. The Balaban J connectivity index is 2.35. The van der Waals surface area contributed by atoms with Crippen molar-refractivity contribution in [2.75, 3.05) is 26.8 Å². The summed E-state index contributed by atoms with van der Waals surface area (Å²) in [6.07, 6.45) is 1.83. The number of ether oxygens (including phenoxy) is 1. The molecule has 2 unspecified atom stereocenters. The van der Waals surface area contributed by atoms with E-state index in [0.717, 1.165) is 0 Å².